The van der Waals surface area contributed by atoms with Crippen LogP contribution >= 0.6 is 11.6 Å². The summed E-state index contributed by atoms with van der Waals surface area (Å²) in [5, 5.41) is 11.4. The van der Waals surface area contributed by atoms with Crippen molar-refractivity contribution in [2.45, 2.75) is 19.4 Å². The monoisotopic (exact) mass is 230 g/mol. The maximum absolute atomic E-state index is 11.0. The molecule has 1 aromatic carbocycles. The molecule has 1 atom stereocenters. The molecule has 0 saturated carbocycles. The molecule has 0 aliphatic carbocycles. The van der Waals surface area contributed by atoms with Crippen LogP contribution in [0.5, 0.6) is 0 Å². The van der Waals surface area contributed by atoms with Crippen molar-refractivity contribution in [1.29, 1.82) is 0 Å². The standard InChI is InChI=1S/C11H12ClN2O.Li/c1-2-8(7-15)14-10-6-4-3-5-9(10)13-11(14)12;/h3-6,8H,2,7H2,1H3;/q-1;+1. The number of para-hydroxylation sites is 2. The Hall–Kier alpha value is -0.463. The Labute approximate surface area is 112 Å². The topological polar surface area (TPSA) is 40.9 Å². The molecule has 0 aliphatic heterocycles. The fourth-order valence-corrected chi connectivity index (χ4v) is 2.06. The van der Waals surface area contributed by atoms with Gasteiger partial charge in [-0.1, -0.05) is 19.1 Å². The summed E-state index contributed by atoms with van der Waals surface area (Å²) in [6.45, 7) is 1.81. The molecule has 3 nitrogen and oxygen atoms in total. The summed E-state index contributed by atoms with van der Waals surface area (Å²) in [5.41, 5.74) is 1.78. The Morgan fingerprint density at radius 1 is 1.44 bits per heavy atom. The SMILES string of the molecule is CCC(C[O-])n1c(Cl)nc2ccccc21.[Li+]. The minimum atomic E-state index is -0.170. The van der Waals surface area contributed by atoms with Crippen molar-refractivity contribution < 1.29 is 24.0 Å². The average molecular weight is 231 g/mol. The van der Waals surface area contributed by atoms with Crippen LogP contribution in [0.15, 0.2) is 24.3 Å². The van der Waals surface area contributed by atoms with Gasteiger partial charge in [-0.15, -0.1) is 6.61 Å². The summed E-state index contributed by atoms with van der Waals surface area (Å²) in [5.74, 6) is 0. The van der Waals surface area contributed by atoms with E-state index in [1.54, 1.807) is 0 Å². The molecule has 1 heterocycles. The fraction of sp³-hybridized carbons (Fsp3) is 0.364. The molecule has 1 unspecified atom stereocenters. The van der Waals surface area contributed by atoms with Crippen LogP contribution in [0.1, 0.15) is 19.4 Å². The molecule has 0 spiro atoms. The Kier molecular flexibility index (Phi) is 4.88. The molecule has 16 heavy (non-hydrogen) atoms. The second kappa shape index (κ2) is 5.74. The predicted octanol–water partition coefficient (Wildman–Crippen LogP) is -0.995. The third kappa shape index (κ3) is 2.28. The van der Waals surface area contributed by atoms with E-state index in [0.717, 1.165) is 17.5 Å². The summed E-state index contributed by atoms with van der Waals surface area (Å²) in [4.78, 5) is 4.22. The van der Waals surface area contributed by atoms with Crippen molar-refractivity contribution >= 4 is 22.6 Å². The van der Waals surface area contributed by atoms with Crippen LogP contribution in [-0.4, -0.2) is 16.2 Å². The van der Waals surface area contributed by atoms with Crippen molar-refractivity contribution in [3.8, 4) is 0 Å². The van der Waals surface area contributed by atoms with Crippen molar-refractivity contribution in [2.75, 3.05) is 6.61 Å². The third-order valence-corrected chi connectivity index (χ3v) is 2.85. The summed E-state index contributed by atoms with van der Waals surface area (Å²) in [7, 11) is 0. The molecule has 0 saturated heterocycles. The number of nitrogens with zero attached hydrogens (tertiary/aromatic N) is 2. The Morgan fingerprint density at radius 2 is 2.12 bits per heavy atom. The molecule has 0 amide bonds. The Balaban J connectivity index is 0.00000128. The van der Waals surface area contributed by atoms with E-state index in [4.69, 9.17) is 11.6 Å². The minimum Gasteiger partial charge on any atom is -0.853 e. The molecule has 2 aromatic rings. The summed E-state index contributed by atoms with van der Waals surface area (Å²) >= 11 is 6.03. The van der Waals surface area contributed by atoms with E-state index < -0.39 is 0 Å². The Morgan fingerprint density at radius 3 is 2.75 bits per heavy atom. The molecule has 5 heteroatoms. The minimum absolute atomic E-state index is 0. The number of fused-ring (bicyclic) bond motifs is 1. The first-order valence-electron chi connectivity index (χ1n) is 4.98. The van der Waals surface area contributed by atoms with Crippen LogP contribution in [0.2, 0.25) is 5.28 Å². The largest absolute Gasteiger partial charge is 1.00 e. The molecule has 1 aromatic heterocycles. The summed E-state index contributed by atoms with van der Waals surface area (Å²) in [6.07, 6.45) is 0.767. The van der Waals surface area contributed by atoms with Crippen LogP contribution < -0.4 is 24.0 Å². The number of hydrogen-bond acceptors (Lipinski definition) is 2. The molecule has 2 rings (SSSR count). The van der Waals surface area contributed by atoms with Gasteiger partial charge in [0.05, 0.1) is 11.0 Å². The molecule has 0 N–H and O–H groups in total. The van der Waals surface area contributed by atoms with E-state index in [9.17, 15) is 5.11 Å². The maximum atomic E-state index is 11.0. The van der Waals surface area contributed by atoms with Gasteiger partial charge in [0.25, 0.3) is 0 Å². The van der Waals surface area contributed by atoms with E-state index in [1.807, 2.05) is 35.8 Å². The van der Waals surface area contributed by atoms with Gasteiger partial charge in [-0.25, -0.2) is 4.98 Å². The molecular weight excluding hydrogens is 219 g/mol. The van der Waals surface area contributed by atoms with Gasteiger partial charge in [0.1, 0.15) is 0 Å². The number of halogens is 1. The fourth-order valence-electron chi connectivity index (χ4n) is 1.74. The van der Waals surface area contributed by atoms with Crippen LogP contribution in [0, 0.1) is 0 Å². The number of rotatable bonds is 3. The quantitative estimate of drug-likeness (QED) is 0.635. The first kappa shape index (κ1) is 13.6. The van der Waals surface area contributed by atoms with Gasteiger partial charge in [-0.3, -0.25) is 0 Å². The van der Waals surface area contributed by atoms with Gasteiger partial charge in [-0.05, 0) is 30.2 Å². The van der Waals surface area contributed by atoms with E-state index in [1.165, 1.54) is 0 Å². The van der Waals surface area contributed by atoms with Crippen LogP contribution in [-0.2, 0) is 0 Å². The molecule has 0 fully saturated rings. The first-order valence-corrected chi connectivity index (χ1v) is 5.36. The number of benzene rings is 1. The van der Waals surface area contributed by atoms with Crippen LogP contribution in [0.4, 0.5) is 0 Å². The van der Waals surface area contributed by atoms with Crippen molar-refractivity contribution in [2.24, 2.45) is 0 Å². The molecular formula is C11H12ClLiN2O. The van der Waals surface area contributed by atoms with Crippen molar-refractivity contribution in [3.63, 3.8) is 0 Å². The maximum Gasteiger partial charge on any atom is 1.00 e. The number of hydrogen-bond donors (Lipinski definition) is 0. The van der Waals surface area contributed by atoms with Crippen LogP contribution in [0.25, 0.3) is 11.0 Å². The first-order chi connectivity index (χ1) is 7.27. The van der Waals surface area contributed by atoms with Crippen LogP contribution in [0.3, 0.4) is 0 Å². The molecule has 80 valence electrons. The number of imidazole rings is 1. The summed E-state index contributed by atoms with van der Waals surface area (Å²) in [6, 6.07) is 7.56. The van der Waals surface area contributed by atoms with E-state index >= 15 is 0 Å². The second-order valence-corrected chi connectivity index (χ2v) is 3.81. The van der Waals surface area contributed by atoms with Gasteiger partial charge in [0.15, 0.2) is 0 Å². The van der Waals surface area contributed by atoms with Crippen molar-refractivity contribution in [3.05, 3.63) is 29.5 Å². The van der Waals surface area contributed by atoms with Gasteiger partial charge in [0, 0.05) is 6.04 Å². The third-order valence-electron chi connectivity index (χ3n) is 2.58. The summed E-state index contributed by atoms with van der Waals surface area (Å²) < 4.78 is 1.82. The van der Waals surface area contributed by atoms with Gasteiger partial charge >= 0.3 is 18.9 Å². The molecule has 0 bridgehead atoms. The zero-order chi connectivity index (χ0) is 10.8. The molecule has 0 radical (unpaired) electrons. The van der Waals surface area contributed by atoms with E-state index in [2.05, 4.69) is 4.98 Å². The second-order valence-electron chi connectivity index (χ2n) is 3.47. The zero-order valence-corrected chi connectivity index (χ0v) is 10.2. The van der Waals surface area contributed by atoms with Crippen molar-refractivity contribution in [1.82, 2.24) is 9.55 Å². The number of aromatic nitrogens is 2. The smallest absolute Gasteiger partial charge is 0.853 e. The zero-order valence-electron chi connectivity index (χ0n) is 9.48. The Bertz CT molecular complexity index is 468. The van der Waals surface area contributed by atoms with Gasteiger partial charge in [-0.2, -0.15) is 0 Å². The average Bonchev–Trinajstić information content (AvgIpc) is 2.58. The van der Waals surface area contributed by atoms with E-state index in [0.29, 0.717) is 5.28 Å². The van der Waals surface area contributed by atoms with E-state index in [-0.39, 0.29) is 31.5 Å². The van der Waals surface area contributed by atoms with Gasteiger partial charge in [0.2, 0.25) is 5.28 Å². The predicted molar refractivity (Wildman–Crippen MR) is 58.9 cm³/mol. The normalized spacial score (nSPS) is 12.4. The molecule has 0 aliphatic rings. The van der Waals surface area contributed by atoms with Gasteiger partial charge < -0.3 is 9.67 Å².